The van der Waals surface area contributed by atoms with Crippen molar-refractivity contribution in [2.45, 2.75) is 19.9 Å². The third-order valence-corrected chi connectivity index (χ3v) is 4.25. The molecule has 28 heavy (non-hydrogen) atoms. The van der Waals surface area contributed by atoms with E-state index in [1.807, 2.05) is 0 Å². The number of aromatic nitrogens is 2. The molecule has 0 spiro atoms. The molecule has 0 bridgehead atoms. The number of hydrogen-bond donors (Lipinski definition) is 3. The van der Waals surface area contributed by atoms with Crippen molar-refractivity contribution in [3.05, 3.63) is 34.3 Å². The molecule has 3 N–H and O–H groups in total. The number of carbonyl (C=O) groups excluding carboxylic acids is 3. The van der Waals surface area contributed by atoms with Gasteiger partial charge in [0.1, 0.15) is 10.8 Å². The van der Waals surface area contributed by atoms with E-state index < -0.39 is 11.9 Å². The average molecular weight is 407 g/mol. The smallest absolute Gasteiger partial charge is 0.315 e. The first kappa shape index (κ1) is 21.1. The second-order valence-electron chi connectivity index (χ2n) is 5.35. The number of nitrogens with one attached hydrogen (secondary N) is 3. The molecular formula is C17H21N5O5S. The zero-order valence-corrected chi connectivity index (χ0v) is 16.3. The molecule has 1 heterocycles. The Hall–Kier alpha value is -3.21. The highest BCUT2D eigenvalue weighted by atomic mass is 32.1. The van der Waals surface area contributed by atoms with Crippen LogP contribution in [0.1, 0.15) is 28.2 Å². The second kappa shape index (κ2) is 10.8. The number of esters is 1. The van der Waals surface area contributed by atoms with E-state index in [9.17, 15) is 14.4 Å². The number of ether oxygens (including phenoxy) is 2. The Kier molecular flexibility index (Phi) is 8.15. The molecule has 2 rings (SSSR count). The van der Waals surface area contributed by atoms with Gasteiger partial charge in [0.2, 0.25) is 5.01 Å². The van der Waals surface area contributed by atoms with E-state index >= 15 is 0 Å². The highest BCUT2D eigenvalue weighted by Crippen LogP contribution is 2.17. The topological polar surface area (TPSA) is 132 Å². The lowest BCUT2D eigenvalue weighted by Gasteiger charge is -2.05. The number of anilines is 1. The number of hydrogen-bond acceptors (Lipinski definition) is 8. The van der Waals surface area contributed by atoms with Gasteiger partial charge in [-0.05, 0) is 31.2 Å². The molecule has 0 radical (unpaired) electrons. The van der Waals surface area contributed by atoms with Crippen LogP contribution >= 0.6 is 11.3 Å². The van der Waals surface area contributed by atoms with Gasteiger partial charge in [-0.25, -0.2) is 4.79 Å². The van der Waals surface area contributed by atoms with Crippen molar-refractivity contribution in [3.63, 3.8) is 0 Å². The molecule has 2 aromatic rings. The minimum Gasteiger partial charge on any atom is -0.497 e. The summed E-state index contributed by atoms with van der Waals surface area (Å²) in [6, 6.07) is 6.42. The van der Waals surface area contributed by atoms with Gasteiger partial charge in [0.15, 0.2) is 0 Å². The van der Waals surface area contributed by atoms with Crippen molar-refractivity contribution >= 4 is 34.9 Å². The first-order chi connectivity index (χ1) is 13.5. The maximum absolute atomic E-state index is 12.2. The molecule has 0 atom stereocenters. The van der Waals surface area contributed by atoms with Crippen LogP contribution < -0.4 is 20.7 Å². The first-order valence-corrected chi connectivity index (χ1v) is 9.28. The maximum Gasteiger partial charge on any atom is 0.315 e. The van der Waals surface area contributed by atoms with Crippen LogP contribution in [0.15, 0.2) is 24.3 Å². The summed E-state index contributed by atoms with van der Waals surface area (Å²) in [6.45, 7) is 2.29. The summed E-state index contributed by atoms with van der Waals surface area (Å²) in [4.78, 5) is 35.1. The van der Waals surface area contributed by atoms with Crippen LogP contribution in [0.25, 0.3) is 0 Å². The zero-order valence-electron chi connectivity index (χ0n) is 15.5. The predicted molar refractivity (Wildman–Crippen MR) is 102 cm³/mol. The number of benzene rings is 1. The summed E-state index contributed by atoms with van der Waals surface area (Å²) in [5, 5.41) is 16.2. The fourth-order valence-corrected chi connectivity index (χ4v) is 2.68. The van der Waals surface area contributed by atoms with E-state index in [-0.39, 0.29) is 30.5 Å². The number of urea groups is 1. The molecule has 0 aliphatic rings. The summed E-state index contributed by atoms with van der Waals surface area (Å²) >= 11 is 1.07. The number of methoxy groups -OCH3 is 1. The lowest BCUT2D eigenvalue weighted by Crippen LogP contribution is -2.36. The maximum atomic E-state index is 12.2. The third kappa shape index (κ3) is 6.83. The minimum absolute atomic E-state index is 0.0930. The second-order valence-corrected chi connectivity index (χ2v) is 6.41. The Bertz CT molecular complexity index is 809. The largest absolute Gasteiger partial charge is 0.497 e. The SMILES string of the molecule is CCOC(=O)CCNC(=O)NCc1nnc(C(=O)Nc2ccc(OC)cc2)s1. The molecule has 0 fully saturated rings. The third-order valence-electron chi connectivity index (χ3n) is 3.33. The van der Waals surface area contributed by atoms with Crippen LogP contribution in [-0.4, -0.2) is 48.4 Å². The summed E-state index contributed by atoms with van der Waals surface area (Å²) in [7, 11) is 1.56. The molecule has 3 amide bonds. The van der Waals surface area contributed by atoms with Crippen LogP contribution in [0.3, 0.4) is 0 Å². The Labute approximate surface area is 165 Å². The van der Waals surface area contributed by atoms with Gasteiger partial charge in [0.05, 0.1) is 26.7 Å². The molecular weight excluding hydrogens is 386 g/mol. The van der Waals surface area contributed by atoms with Crippen molar-refractivity contribution < 1.29 is 23.9 Å². The van der Waals surface area contributed by atoms with Gasteiger partial charge in [0, 0.05) is 12.2 Å². The Morgan fingerprint density at radius 1 is 1.11 bits per heavy atom. The fraction of sp³-hybridized carbons (Fsp3) is 0.353. The predicted octanol–water partition coefficient (Wildman–Crippen LogP) is 1.55. The normalized spacial score (nSPS) is 10.1. The number of nitrogens with zero attached hydrogens (tertiary/aromatic N) is 2. The molecule has 0 aliphatic carbocycles. The van der Waals surface area contributed by atoms with Gasteiger partial charge in [-0.15, -0.1) is 10.2 Å². The molecule has 0 aliphatic heterocycles. The highest BCUT2D eigenvalue weighted by molar-refractivity contribution is 7.13. The van der Waals surface area contributed by atoms with E-state index in [0.717, 1.165) is 11.3 Å². The van der Waals surface area contributed by atoms with Gasteiger partial charge < -0.3 is 25.4 Å². The molecule has 10 nitrogen and oxygen atoms in total. The van der Waals surface area contributed by atoms with Crippen molar-refractivity contribution in [3.8, 4) is 5.75 Å². The van der Waals surface area contributed by atoms with Gasteiger partial charge in [-0.2, -0.15) is 0 Å². The van der Waals surface area contributed by atoms with E-state index in [0.29, 0.717) is 23.1 Å². The molecule has 11 heteroatoms. The fourth-order valence-electron chi connectivity index (χ4n) is 2.01. The number of carbonyl (C=O) groups is 3. The molecule has 150 valence electrons. The van der Waals surface area contributed by atoms with Gasteiger partial charge >= 0.3 is 12.0 Å². The molecule has 0 unspecified atom stereocenters. The highest BCUT2D eigenvalue weighted by Gasteiger charge is 2.14. The van der Waals surface area contributed by atoms with Crippen LogP contribution in [0.5, 0.6) is 5.75 Å². The van der Waals surface area contributed by atoms with Gasteiger partial charge in [-0.1, -0.05) is 11.3 Å². The summed E-state index contributed by atoms with van der Waals surface area (Å²) in [5.41, 5.74) is 0.599. The van der Waals surface area contributed by atoms with Crippen molar-refractivity contribution in [2.75, 3.05) is 25.6 Å². The Morgan fingerprint density at radius 2 is 1.86 bits per heavy atom. The van der Waals surface area contributed by atoms with Crippen molar-refractivity contribution in [2.24, 2.45) is 0 Å². The number of amides is 3. The van der Waals surface area contributed by atoms with Crippen molar-refractivity contribution in [1.82, 2.24) is 20.8 Å². The van der Waals surface area contributed by atoms with Gasteiger partial charge in [0.25, 0.3) is 5.91 Å². The molecule has 1 aromatic carbocycles. The summed E-state index contributed by atoms with van der Waals surface area (Å²) < 4.78 is 9.82. The molecule has 0 saturated carbocycles. The monoisotopic (exact) mass is 407 g/mol. The summed E-state index contributed by atoms with van der Waals surface area (Å²) in [6.07, 6.45) is 0.0930. The molecule has 0 saturated heterocycles. The van der Waals surface area contributed by atoms with Crippen LogP contribution in [0, 0.1) is 0 Å². The van der Waals surface area contributed by atoms with E-state index in [1.165, 1.54) is 0 Å². The van der Waals surface area contributed by atoms with Crippen molar-refractivity contribution in [1.29, 1.82) is 0 Å². The quantitative estimate of drug-likeness (QED) is 0.537. The van der Waals surface area contributed by atoms with E-state index in [1.54, 1.807) is 38.3 Å². The zero-order chi connectivity index (χ0) is 20.4. The lowest BCUT2D eigenvalue weighted by atomic mass is 10.3. The van der Waals surface area contributed by atoms with Crippen LogP contribution in [0.2, 0.25) is 0 Å². The Morgan fingerprint density at radius 3 is 2.54 bits per heavy atom. The van der Waals surface area contributed by atoms with E-state index in [4.69, 9.17) is 9.47 Å². The number of rotatable bonds is 9. The average Bonchev–Trinajstić information content (AvgIpc) is 3.16. The Balaban J connectivity index is 1.75. The molecule has 1 aromatic heterocycles. The van der Waals surface area contributed by atoms with E-state index in [2.05, 4.69) is 26.1 Å². The lowest BCUT2D eigenvalue weighted by molar-refractivity contribution is -0.142. The minimum atomic E-state index is -0.455. The van der Waals surface area contributed by atoms with Crippen LogP contribution in [-0.2, 0) is 16.1 Å². The van der Waals surface area contributed by atoms with Crippen LogP contribution in [0.4, 0.5) is 10.5 Å². The first-order valence-electron chi connectivity index (χ1n) is 8.47. The van der Waals surface area contributed by atoms with Gasteiger partial charge in [-0.3, -0.25) is 9.59 Å². The summed E-state index contributed by atoms with van der Waals surface area (Å²) in [5.74, 6) is -0.0879. The standard InChI is InChI=1S/C17H21N5O5S/c1-3-27-14(23)8-9-18-17(25)19-10-13-21-22-16(28-13)15(24)20-11-4-6-12(26-2)7-5-11/h4-7H,3,8-10H2,1-2H3,(H,20,24)(H2,18,19,25).